The molecular weight excluding hydrogens is 444 g/mol. The van der Waals surface area contributed by atoms with Crippen LogP contribution in [-0.4, -0.2) is 21.6 Å². The van der Waals surface area contributed by atoms with Gasteiger partial charge in [-0.1, -0.05) is 40.2 Å². The monoisotopic (exact) mass is 468 g/mol. The summed E-state index contributed by atoms with van der Waals surface area (Å²) in [6, 6.07) is 9.53. The number of carbonyl (C=O) groups is 2. The van der Waals surface area contributed by atoms with E-state index in [1.54, 1.807) is 6.20 Å². The number of amides is 2. The number of hydrogen-bond donors (Lipinski definition) is 2. The maximum absolute atomic E-state index is 13.4. The van der Waals surface area contributed by atoms with Gasteiger partial charge in [-0.15, -0.1) is 0 Å². The lowest BCUT2D eigenvalue weighted by atomic mass is 9.52. The first kappa shape index (κ1) is 19.5. The third kappa shape index (κ3) is 2.27. The molecule has 4 atom stereocenters. The number of halogens is 1. The number of aromatic nitrogens is 2. The Hall–Kier alpha value is -2.41. The molecule has 5 rings (SSSR count). The Balaban J connectivity index is 1.67. The molecular formula is C23H25BrN4O2. The largest absolute Gasteiger partial charge is 0.369 e. The number of nitrogens with two attached hydrogens (primary N) is 2. The first-order valence-electron chi connectivity index (χ1n) is 10.4. The van der Waals surface area contributed by atoms with E-state index in [0.29, 0.717) is 19.4 Å². The van der Waals surface area contributed by atoms with Crippen LogP contribution in [0.1, 0.15) is 31.2 Å². The number of nitrogens with zero attached hydrogens (tertiary/aromatic N) is 2. The summed E-state index contributed by atoms with van der Waals surface area (Å²) in [5.74, 6) is -1.05. The fraction of sp³-hybridized carbons (Fsp3) is 0.435. The zero-order valence-corrected chi connectivity index (χ0v) is 18.2. The molecule has 7 heteroatoms. The van der Waals surface area contributed by atoms with Crippen LogP contribution in [0, 0.1) is 22.7 Å². The predicted octanol–water partition coefficient (Wildman–Crippen LogP) is 2.92. The smallest absolute Gasteiger partial charge is 0.229 e. The second-order valence-electron chi connectivity index (χ2n) is 8.96. The molecule has 2 fully saturated rings. The van der Waals surface area contributed by atoms with E-state index in [0.717, 1.165) is 22.9 Å². The van der Waals surface area contributed by atoms with Gasteiger partial charge in [0.25, 0.3) is 0 Å². The molecule has 6 nitrogen and oxygen atoms in total. The number of primary amides is 2. The third-order valence-corrected chi connectivity index (χ3v) is 8.44. The fourth-order valence-corrected chi connectivity index (χ4v) is 7.02. The molecule has 3 aliphatic carbocycles. The van der Waals surface area contributed by atoms with Crippen molar-refractivity contribution in [3.05, 3.63) is 64.9 Å². The molecule has 2 bridgehead atoms. The van der Waals surface area contributed by atoms with E-state index in [-0.39, 0.29) is 17.3 Å². The molecule has 2 saturated carbocycles. The van der Waals surface area contributed by atoms with Gasteiger partial charge in [0.05, 0.1) is 10.8 Å². The Morgan fingerprint density at radius 3 is 2.37 bits per heavy atom. The molecule has 3 aliphatic rings. The summed E-state index contributed by atoms with van der Waals surface area (Å²) >= 11 is 3.47. The van der Waals surface area contributed by atoms with Gasteiger partial charge in [-0.05, 0) is 60.8 Å². The van der Waals surface area contributed by atoms with Crippen LogP contribution in [0.4, 0.5) is 0 Å². The Morgan fingerprint density at radius 2 is 1.80 bits per heavy atom. The normalized spacial score (nSPS) is 32.6. The lowest BCUT2D eigenvalue weighted by molar-refractivity contribution is -0.144. The van der Waals surface area contributed by atoms with Crippen molar-refractivity contribution >= 4 is 27.7 Å². The van der Waals surface area contributed by atoms with Crippen molar-refractivity contribution in [2.75, 3.05) is 0 Å². The van der Waals surface area contributed by atoms with Gasteiger partial charge in [0.1, 0.15) is 0 Å². The van der Waals surface area contributed by atoms with E-state index in [1.807, 2.05) is 41.2 Å². The average Bonchev–Trinajstić information content (AvgIpc) is 3.08. The molecule has 1 spiro atoms. The molecule has 0 radical (unpaired) electrons. The second-order valence-corrected chi connectivity index (χ2v) is 9.88. The summed E-state index contributed by atoms with van der Waals surface area (Å²) in [6.45, 7) is 0.658. The van der Waals surface area contributed by atoms with Crippen LogP contribution in [-0.2, 0) is 21.5 Å². The van der Waals surface area contributed by atoms with Crippen molar-refractivity contribution in [3.8, 4) is 0 Å². The van der Waals surface area contributed by atoms with Gasteiger partial charge in [-0.3, -0.25) is 14.3 Å². The summed E-state index contributed by atoms with van der Waals surface area (Å²) in [7, 11) is 0. The highest BCUT2D eigenvalue weighted by Crippen LogP contribution is 2.80. The predicted molar refractivity (Wildman–Crippen MR) is 116 cm³/mol. The molecule has 156 valence electrons. The van der Waals surface area contributed by atoms with E-state index in [4.69, 9.17) is 11.5 Å². The quantitative estimate of drug-likeness (QED) is 0.610. The van der Waals surface area contributed by atoms with Crippen LogP contribution >= 0.6 is 15.9 Å². The lowest BCUT2D eigenvalue weighted by Crippen LogP contribution is -2.62. The van der Waals surface area contributed by atoms with Gasteiger partial charge in [0.15, 0.2) is 0 Å². The zero-order chi connectivity index (χ0) is 21.1. The van der Waals surface area contributed by atoms with E-state index in [9.17, 15) is 9.59 Å². The van der Waals surface area contributed by atoms with Crippen LogP contribution in [0.3, 0.4) is 0 Å². The molecule has 0 unspecified atom stereocenters. The SMILES string of the molecule is NC(=O)[C@]1(CCCn2cccn2)[C@@H]2C=C[C@@H](C23CC3)[C@@]1(C(N)=O)c1ccc(Br)cc1. The molecule has 30 heavy (non-hydrogen) atoms. The number of hydrogen-bond acceptors (Lipinski definition) is 3. The van der Waals surface area contributed by atoms with E-state index < -0.39 is 22.6 Å². The summed E-state index contributed by atoms with van der Waals surface area (Å²) in [4.78, 5) is 26.7. The van der Waals surface area contributed by atoms with Gasteiger partial charge >= 0.3 is 0 Å². The van der Waals surface area contributed by atoms with E-state index >= 15 is 0 Å². The number of aryl methyl sites for hydroxylation is 1. The van der Waals surface area contributed by atoms with Crippen molar-refractivity contribution in [3.63, 3.8) is 0 Å². The summed E-state index contributed by atoms with van der Waals surface area (Å²) < 4.78 is 2.75. The summed E-state index contributed by atoms with van der Waals surface area (Å²) in [5.41, 5.74) is 10.9. The number of rotatable bonds is 7. The van der Waals surface area contributed by atoms with Gasteiger partial charge in [-0.25, -0.2) is 0 Å². The molecule has 0 saturated heterocycles. The van der Waals surface area contributed by atoms with E-state index in [2.05, 4.69) is 33.2 Å². The zero-order valence-electron chi connectivity index (χ0n) is 16.6. The molecule has 0 aliphatic heterocycles. The lowest BCUT2D eigenvalue weighted by Gasteiger charge is -2.48. The summed E-state index contributed by atoms with van der Waals surface area (Å²) in [5, 5.41) is 4.27. The number of benzene rings is 1. The van der Waals surface area contributed by atoms with Crippen molar-refractivity contribution in [2.45, 2.75) is 37.6 Å². The summed E-state index contributed by atoms with van der Waals surface area (Å²) in [6.07, 6.45) is 11.1. The molecule has 2 aromatic rings. The highest BCUT2D eigenvalue weighted by atomic mass is 79.9. The van der Waals surface area contributed by atoms with Crippen LogP contribution < -0.4 is 11.5 Å². The Kier molecular flexibility index (Phi) is 4.26. The van der Waals surface area contributed by atoms with Gasteiger partial charge in [0, 0.05) is 29.3 Å². The molecule has 2 amide bonds. The Morgan fingerprint density at radius 1 is 1.10 bits per heavy atom. The molecule has 1 aromatic carbocycles. The van der Waals surface area contributed by atoms with E-state index in [1.165, 1.54) is 0 Å². The van der Waals surface area contributed by atoms with Crippen LogP contribution in [0.5, 0.6) is 0 Å². The molecule has 4 N–H and O–H groups in total. The third-order valence-electron chi connectivity index (χ3n) is 7.91. The maximum Gasteiger partial charge on any atom is 0.229 e. The Labute approximate surface area is 183 Å². The van der Waals surface area contributed by atoms with Gasteiger partial charge in [0.2, 0.25) is 11.8 Å². The first-order valence-corrected chi connectivity index (χ1v) is 11.2. The van der Waals surface area contributed by atoms with Gasteiger partial charge in [-0.2, -0.15) is 5.10 Å². The average molecular weight is 469 g/mol. The maximum atomic E-state index is 13.4. The highest BCUT2D eigenvalue weighted by molar-refractivity contribution is 9.10. The second kappa shape index (κ2) is 6.54. The van der Waals surface area contributed by atoms with Crippen LogP contribution in [0.15, 0.2) is 59.4 Å². The highest BCUT2D eigenvalue weighted by Gasteiger charge is 2.82. The number of allylic oxidation sites excluding steroid dienone is 2. The minimum atomic E-state index is -1.14. The Bertz CT molecular complexity index is 1030. The van der Waals surface area contributed by atoms with Crippen LogP contribution in [0.25, 0.3) is 0 Å². The topological polar surface area (TPSA) is 104 Å². The van der Waals surface area contributed by atoms with Crippen molar-refractivity contribution < 1.29 is 9.59 Å². The number of carbonyl (C=O) groups excluding carboxylic acids is 2. The fourth-order valence-electron chi connectivity index (χ4n) is 6.76. The van der Waals surface area contributed by atoms with Crippen LogP contribution in [0.2, 0.25) is 0 Å². The van der Waals surface area contributed by atoms with Gasteiger partial charge < -0.3 is 11.5 Å². The van der Waals surface area contributed by atoms with Crippen molar-refractivity contribution in [1.82, 2.24) is 9.78 Å². The van der Waals surface area contributed by atoms with Crippen molar-refractivity contribution in [2.24, 2.45) is 34.1 Å². The minimum absolute atomic E-state index is 0.0683. The van der Waals surface area contributed by atoms with Crippen molar-refractivity contribution in [1.29, 1.82) is 0 Å². The first-order chi connectivity index (χ1) is 14.4. The molecule has 1 heterocycles. The minimum Gasteiger partial charge on any atom is -0.369 e. The molecule has 1 aromatic heterocycles. The standard InChI is InChI=1S/C23H25BrN4O2/c24-16-5-3-15(4-6-16)23(20(26)30)18-8-7-17(21(18)10-11-21)22(23,19(25)29)9-1-13-28-14-2-12-27-28/h2-8,12,14,17-18H,1,9-11,13H2,(H2,25,29)(H2,26,30)/t17-,18+,22+,23-/m1/s1.